The molecule has 7 nitrogen and oxygen atoms in total. The van der Waals surface area contributed by atoms with Crippen LogP contribution >= 0.6 is 7.82 Å². The molecule has 0 spiro atoms. The molecular weight excluding hydrogens is 442 g/mol. The molecule has 0 aliphatic carbocycles. The predicted molar refractivity (Wildman–Crippen MR) is 114 cm³/mol. The predicted octanol–water partition coefficient (Wildman–Crippen LogP) is 1.48. The van der Waals surface area contributed by atoms with Crippen LogP contribution in [0.15, 0.2) is 60.7 Å². The minimum Gasteiger partial charge on any atom is -0.736 e. The number of carbonyl (C=O) groups is 1. The smallest absolute Gasteiger partial charge is 0.736 e. The third kappa shape index (κ3) is 6.37. The van der Waals surface area contributed by atoms with Crippen molar-refractivity contribution in [1.82, 2.24) is 0 Å². The Morgan fingerprint density at radius 3 is 1.75 bits per heavy atom. The van der Waals surface area contributed by atoms with Gasteiger partial charge in [0.25, 0.3) is 0 Å². The first-order chi connectivity index (χ1) is 14.7. The first kappa shape index (κ1) is 26.0. The molecule has 0 heterocycles. The van der Waals surface area contributed by atoms with E-state index in [4.69, 9.17) is 18.5 Å². The molecular formula is C23H22NaO7P. The second-order valence-corrected chi connectivity index (χ2v) is 8.11. The molecule has 0 fully saturated rings. The molecule has 1 unspecified atom stereocenters. The van der Waals surface area contributed by atoms with Gasteiger partial charge < -0.3 is 23.4 Å². The second kappa shape index (κ2) is 11.0. The van der Waals surface area contributed by atoms with Crippen molar-refractivity contribution in [3.63, 3.8) is 0 Å². The fourth-order valence-corrected chi connectivity index (χ4v) is 3.93. The molecule has 0 radical (unpaired) electrons. The molecule has 3 aromatic rings. The van der Waals surface area contributed by atoms with Crippen molar-refractivity contribution < 1.29 is 62.3 Å². The van der Waals surface area contributed by atoms with Gasteiger partial charge in [0.05, 0.1) is 14.2 Å². The van der Waals surface area contributed by atoms with E-state index in [0.717, 1.165) is 11.1 Å². The molecule has 32 heavy (non-hydrogen) atoms. The zero-order valence-corrected chi connectivity index (χ0v) is 21.5. The Bertz CT molecular complexity index is 1100. The summed E-state index contributed by atoms with van der Waals surface area (Å²) in [7, 11) is -2.05. The Kier molecular flexibility index (Phi) is 8.96. The van der Waals surface area contributed by atoms with Crippen LogP contribution in [0.4, 0.5) is 0 Å². The van der Waals surface area contributed by atoms with Crippen LogP contribution in [-0.2, 0) is 4.57 Å². The maximum atomic E-state index is 13.0. The summed E-state index contributed by atoms with van der Waals surface area (Å²) in [4.78, 5) is 25.4. The first-order valence-electron chi connectivity index (χ1n) is 9.36. The molecule has 0 aliphatic heterocycles. The van der Waals surface area contributed by atoms with Crippen molar-refractivity contribution in [1.29, 1.82) is 0 Å². The number of methoxy groups -OCH3 is 2. The summed E-state index contributed by atoms with van der Waals surface area (Å²) >= 11 is 0. The molecule has 0 N–H and O–H groups in total. The van der Waals surface area contributed by atoms with E-state index in [1.54, 1.807) is 42.5 Å². The van der Waals surface area contributed by atoms with Crippen LogP contribution in [0.5, 0.6) is 23.0 Å². The van der Waals surface area contributed by atoms with Gasteiger partial charge in [0.15, 0.2) is 0 Å². The average Bonchev–Trinajstić information content (AvgIpc) is 2.71. The second-order valence-electron chi connectivity index (χ2n) is 6.85. The average molecular weight is 464 g/mol. The van der Waals surface area contributed by atoms with E-state index in [9.17, 15) is 14.3 Å². The van der Waals surface area contributed by atoms with E-state index in [-0.39, 0.29) is 63.9 Å². The van der Waals surface area contributed by atoms with Crippen molar-refractivity contribution in [3.05, 3.63) is 82.9 Å². The van der Waals surface area contributed by atoms with E-state index in [2.05, 4.69) is 0 Å². The molecule has 0 aliphatic rings. The Morgan fingerprint density at radius 1 is 0.812 bits per heavy atom. The maximum Gasteiger partial charge on any atom is 1.00 e. The standard InChI is InChI=1S/C23H23O7P.Na/c1-15-10-16(2)12-18(11-15)29-31(25,26)30-19-13-20(27-3)22(21(14-19)28-4)23(24)17-8-6-5-7-9-17;/h5-14H,1-4H3,(H,25,26);/q;+1/p-1. The summed E-state index contributed by atoms with van der Waals surface area (Å²) in [6.07, 6.45) is 0. The van der Waals surface area contributed by atoms with Crippen molar-refractivity contribution >= 4 is 13.6 Å². The quantitative estimate of drug-likeness (QED) is 0.283. The Labute approximate surface area is 209 Å². The van der Waals surface area contributed by atoms with Gasteiger partial charge in [0.1, 0.15) is 28.6 Å². The Morgan fingerprint density at radius 2 is 1.28 bits per heavy atom. The summed E-state index contributed by atoms with van der Waals surface area (Å²) in [5.41, 5.74) is 2.28. The zero-order chi connectivity index (χ0) is 22.6. The topological polar surface area (TPSA) is 94.1 Å². The van der Waals surface area contributed by atoms with Crippen LogP contribution in [0, 0.1) is 13.8 Å². The SMILES string of the molecule is COc1cc(OP(=O)([O-])Oc2cc(C)cc(C)c2)cc(OC)c1C(=O)c1ccccc1.[Na+]. The summed E-state index contributed by atoms with van der Waals surface area (Å²) in [6.45, 7) is 3.66. The number of phosphoric ester groups is 1. The summed E-state index contributed by atoms with van der Waals surface area (Å²) in [5.74, 6) is -0.0893. The van der Waals surface area contributed by atoms with Gasteiger partial charge in [-0.2, -0.15) is 0 Å². The zero-order valence-electron chi connectivity index (χ0n) is 18.6. The summed E-state index contributed by atoms with van der Waals surface area (Å²) in [6, 6.07) is 16.3. The fraction of sp³-hybridized carbons (Fsp3) is 0.174. The van der Waals surface area contributed by atoms with Crippen LogP contribution in [0.1, 0.15) is 27.0 Å². The molecule has 162 valence electrons. The van der Waals surface area contributed by atoms with E-state index < -0.39 is 7.82 Å². The van der Waals surface area contributed by atoms with Gasteiger partial charge in [-0.15, -0.1) is 0 Å². The van der Waals surface area contributed by atoms with E-state index in [1.807, 2.05) is 19.9 Å². The van der Waals surface area contributed by atoms with Gasteiger partial charge in [-0.05, 0) is 37.1 Å². The van der Waals surface area contributed by atoms with Crippen LogP contribution in [0.2, 0.25) is 0 Å². The van der Waals surface area contributed by atoms with Gasteiger partial charge >= 0.3 is 37.4 Å². The van der Waals surface area contributed by atoms with Crippen molar-refractivity contribution in [3.8, 4) is 23.0 Å². The number of ether oxygens (including phenoxy) is 2. The Hall–Kier alpha value is -2.28. The molecule has 9 heteroatoms. The minimum absolute atomic E-state index is 0. The van der Waals surface area contributed by atoms with Crippen LogP contribution in [0.25, 0.3) is 0 Å². The molecule has 0 amide bonds. The maximum absolute atomic E-state index is 13.0. The van der Waals surface area contributed by atoms with Crippen molar-refractivity contribution in [2.45, 2.75) is 13.8 Å². The largest absolute Gasteiger partial charge is 1.00 e. The van der Waals surface area contributed by atoms with Crippen LogP contribution in [-0.4, -0.2) is 20.0 Å². The summed E-state index contributed by atoms with van der Waals surface area (Å²) < 4.78 is 33.3. The molecule has 3 rings (SSSR count). The molecule has 3 aromatic carbocycles. The number of phosphoric acid groups is 1. The minimum atomic E-state index is -4.78. The van der Waals surface area contributed by atoms with Gasteiger partial charge in [-0.25, -0.2) is 4.57 Å². The van der Waals surface area contributed by atoms with Gasteiger partial charge in [-0.1, -0.05) is 36.4 Å². The van der Waals surface area contributed by atoms with Crippen LogP contribution < -0.4 is 53.0 Å². The normalized spacial score (nSPS) is 12.2. The van der Waals surface area contributed by atoms with Gasteiger partial charge in [-0.3, -0.25) is 4.79 Å². The number of aryl methyl sites for hydroxylation is 2. The van der Waals surface area contributed by atoms with Crippen molar-refractivity contribution in [2.75, 3.05) is 14.2 Å². The summed E-state index contributed by atoms with van der Waals surface area (Å²) in [5, 5.41) is 0. The van der Waals surface area contributed by atoms with Crippen molar-refractivity contribution in [2.24, 2.45) is 0 Å². The van der Waals surface area contributed by atoms with Gasteiger partial charge in [0.2, 0.25) is 5.78 Å². The molecule has 0 saturated heterocycles. The number of carbonyl (C=O) groups excluding carboxylic acids is 1. The van der Waals surface area contributed by atoms with E-state index in [1.165, 1.54) is 26.4 Å². The van der Waals surface area contributed by atoms with Gasteiger partial charge in [0, 0.05) is 17.7 Å². The Balaban J connectivity index is 0.00000363. The first-order valence-corrected chi connectivity index (χ1v) is 10.8. The number of hydrogen-bond acceptors (Lipinski definition) is 7. The monoisotopic (exact) mass is 464 g/mol. The van der Waals surface area contributed by atoms with Crippen LogP contribution in [0.3, 0.4) is 0 Å². The number of ketones is 1. The molecule has 0 bridgehead atoms. The molecule has 0 aromatic heterocycles. The molecule has 0 saturated carbocycles. The number of hydrogen-bond donors (Lipinski definition) is 0. The third-order valence-electron chi connectivity index (χ3n) is 4.37. The molecule has 1 atom stereocenters. The van der Waals surface area contributed by atoms with E-state index >= 15 is 0 Å². The fourth-order valence-electron chi connectivity index (χ4n) is 3.16. The number of rotatable bonds is 8. The third-order valence-corrected chi connectivity index (χ3v) is 5.24. The van der Waals surface area contributed by atoms with E-state index in [0.29, 0.717) is 5.56 Å². The number of benzene rings is 3.